The lowest BCUT2D eigenvalue weighted by Gasteiger charge is -1.92. The van der Waals surface area contributed by atoms with Crippen LogP contribution in [0.4, 0.5) is 0 Å². The number of carbonyl (C=O) groups excluding carboxylic acids is 2. The second-order valence-corrected chi connectivity index (χ2v) is 3.07. The van der Waals surface area contributed by atoms with Crippen molar-refractivity contribution >= 4 is 34.6 Å². The van der Waals surface area contributed by atoms with Gasteiger partial charge in [-0.25, -0.2) is 4.98 Å². The Hall–Kier alpha value is -1.68. The zero-order valence-corrected chi connectivity index (χ0v) is 7.71. The van der Waals surface area contributed by atoms with Crippen LogP contribution in [-0.4, -0.2) is 22.0 Å². The van der Waals surface area contributed by atoms with E-state index in [1.54, 1.807) is 6.07 Å². The zero-order valence-electron chi connectivity index (χ0n) is 6.95. The van der Waals surface area contributed by atoms with E-state index in [1.807, 2.05) is 0 Å². The predicted octanol–water partition coefficient (Wildman–Crippen LogP) is 1.60. The summed E-state index contributed by atoms with van der Waals surface area (Å²) in [6.45, 7) is 0. The quantitative estimate of drug-likeness (QED) is 0.353. The van der Waals surface area contributed by atoms with Gasteiger partial charge in [-0.15, -0.1) is 0 Å². The Bertz CT molecular complexity index is 519. The molecule has 0 aliphatic carbocycles. The van der Waals surface area contributed by atoms with Crippen LogP contribution in [0, 0.1) is 0 Å². The Morgan fingerprint density at radius 2 is 2.36 bits per heavy atom. The first-order valence-electron chi connectivity index (χ1n) is 3.85. The Morgan fingerprint density at radius 1 is 1.57 bits per heavy atom. The molecule has 0 fully saturated rings. The molecule has 0 aromatic carbocycles. The van der Waals surface area contributed by atoms with Gasteiger partial charge in [-0.2, -0.15) is 0 Å². The Kier molecular flexibility index (Phi) is 2.05. The average Bonchev–Trinajstić information content (AvgIpc) is 2.62. The van der Waals surface area contributed by atoms with Crippen LogP contribution in [0.1, 0.15) is 10.4 Å². The minimum absolute atomic E-state index is 0.275. The van der Waals surface area contributed by atoms with E-state index in [0.29, 0.717) is 16.5 Å². The summed E-state index contributed by atoms with van der Waals surface area (Å²) in [7, 11) is 0. The van der Waals surface area contributed by atoms with E-state index >= 15 is 0 Å². The normalized spacial score (nSPS) is 10.4. The van der Waals surface area contributed by atoms with Gasteiger partial charge in [-0.3, -0.25) is 9.59 Å². The number of nitrogens with one attached hydrogen (secondary N) is 1. The minimum atomic E-state index is -0.571. The number of pyridine rings is 1. The Balaban J connectivity index is 2.75. The van der Waals surface area contributed by atoms with Crippen LogP contribution in [-0.2, 0) is 4.79 Å². The minimum Gasteiger partial charge on any atom is -0.358 e. The molecule has 0 saturated carbocycles. The highest BCUT2D eigenvalue weighted by atomic mass is 35.5. The van der Waals surface area contributed by atoms with E-state index in [1.165, 1.54) is 12.4 Å². The van der Waals surface area contributed by atoms with Gasteiger partial charge in [0.1, 0.15) is 0 Å². The lowest BCUT2D eigenvalue weighted by Crippen LogP contribution is -1.97. The molecule has 0 unspecified atom stereocenters. The summed E-state index contributed by atoms with van der Waals surface area (Å²) < 4.78 is 0. The number of H-pyrrole nitrogens is 1. The number of Topliss-reactive ketones (excluding diaryl/α,β-unsaturated/α-hetero) is 1. The zero-order chi connectivity index (χ0) is 10.1. The first-order valence-corrected chi connectivity index (χ1v) is 4.23. The van der Waals surface area contributed by atoms with Crippen LogP contribution in [0.3, 0.4) is 0 Å². The Morgan fingerprint density at radius 3 is 3.07 bits per heavy atom. The average molecular weight is 209 g/mol. The molecule has 1 N–H and O–H groups in total. The fourth-order valence-corrected chi connectivity index (χ4v) is 1.50. The van der Waals surface area contributed by atoms with Crippen LogP contribution in [0.15, 0.2) is 18.5 Å². The van der Waals surface area contributed by atoms with E-state index in [4.69, 9.17) is 11.6 Å². The molecule has 2 rings (SSSR count). The number of hydrogen-bond donors (Lipinski definition) is 1. The van der Waals surface area contributed by atoms with Crippen molar-refractivity contribution in [3.8, 4) is 0 Å². The molecule has 2 heterocycles. The summed E-state index contributed by atoms with van der Waals surface area (Å²) in [6, 6.07) is 1.63. The fraction of sp³-hybridized carbons (Fsp3) is 0. The van der Waals surface area contributed by atoms with Gasteiger partial charge < -0.3 is 4.98 Å². The molecule has 5 heteroatoms. The standard InChI is InChI=1S/C9H5ClN2O2/c10-9-8-5(1-2-11-9)6(3-12-8)7(14)4-13/h1-4,12H. The van der Waals surface area contributed by atoms with Gasteiger partial charge in [0.25, 0.3) is 0 Å². The molecule has 4 nitrogen and oxygen atoms in total. The molecule has 0 aliphatic heterocycles. The number of aromatic nitrogens is 2. The van der Waals surface area contributed by atoms with Crippen LogP contribution in [0.5, 0.6) is 0 Å². The number of ketones is 1. The summed E-state index contributed by atoms with van der Waals surface area (Å²) in [5.41, 5.74) is 0.888. The summed E-state index contributed by atoms with van der Waals surface area (Å²) >= 11 is 5.78. The molecular formula is C9H5ClN2O2. The van der Waals surface area contributed by atoms with Crippen molar-refractivity contribution in [3.05, 3.63) is 29.2 Å². The molecular weight excluding hydrogens is 204 g/mol. The number of hydrogen-bond acceptors (Lipinski definition) is 3. The molecule has 0 atom stereocenters. The van der Waals surface area contributed by atoms with Gasteiger partial charge in [-0.05, 0) is 6.07 Å². The van der Waals surface area contributed by atoms with Crippen LogP contribution >= 0.6 is 11.6 Å². The predicted molar refractivity (Wildman–Crippen MR) is 51.5 cm³/mol. The first-order chi connectivity index (χ1) is 6.74. The molecule has 14 heavy (non-hydrogen) atoms. The van der Waals surface area contributed by atoms with Crippen LogP contribution < -0.4 is 0 Å². The molecule has 2 aromatic rings. The van der Waals surface area contributed by atoms with Crippen LogP contribution in [0.2, 0.25) is 5.15 Å². The second kappa shape index (κ2) is 3.23. The van der Waals surface area contributed by atoms with Gasteiger partial charge in [-0.1, -0.05) is 11.6 Å². The summed E-state index contributed by atoms with van der Waals surface area (Å²) in [6.07, 6.45) is 3.21. The molecule has 0 saturated heterocycles. The van der Waals surface area contributed by atoms with Crippen molar-refractivity contribution in [2.24, 2.45) is 0 Å². The molecule has 2 aromatic heterocycles. The fourth-order valence-electron chi connectivity index (χ4n) is 1.29. The van der Waals surface area contributed by atoms with Crippen molar-refractivity contribution in [2.75, 3.05) is 0 Å². The van der Waals surface area contributed by atoms with Crippen LogP contribution in [0.25, 0.3) is 10.9 Å². The maximum atomic E-state index is 11.1. The SMILES string of the molecule is O=CC(=O)c1c[nH]c2c(Cl)nccc12. The third-order valence-corrected chi connectivity index (χ3v) is 2.21. The number of carbonyl (C=O) groups is 2. The largest absolute Gasteiger partial charge is 0.358 e. The topological polar surface area (TPSA) is 62.8 Å². The van der Waals surface area contributed by atoms with Gasteiger partial charge >= 0.3 is 0 Å². The van der Waals surface area contributed by atoms with Crippen molar-refractivity contribution in [1.29, 1.82) is 0 Å². The number of aldehydes is 1. The molecule has 0 amide bonds. The summed E-state index contributed by atoms with van der Waals surface area (Å²) in [5.74, 6) is -0.571. The Labute approximate surface area is 83.9 Å². The van der Waals surface area contributed by atoms with Gasteiger partial charge in [0, 0.05) is 17.8 Å². The summed E-state index contributed by atoms with van der Waals surface area (Å²) in [5, 5.41) is 0.898. The van der Waals surface area contributed by atoms with E-state index in [2.05, 4.69) is 9.97 Å². The van der Waals surface area contributed by atoms with E-state index < -0.39 is 5.78 Å². The third kappa shape index (κ3) is 1.20. The van der Waals surface area contributed by atoms with Crippen molar-refractivity contribution < 1.29 is 9.59 Å². The van der Waals surface area contributed by atoms with Crippen molar-refractivity contribution in [2.45, 2.75) is 0 Å². The number of rotatable bonds is 2. The monoisotopic (exact) mass is 208 g/mol. The summed E-state index contributed by atoms with van der Waals surface area (Å²) in [4.78, 5) is 28.1. The molecule has 0 aliphatic rings. The van der Waals surface area contributed by atoms with Gasteiger partial charge in [0.2, 0.25) is 5.78 Å². The lowest BCUT2D eigenvalue weighted by atomic mass is 10.1. The lowest BCUT2D eigenvalue weighted by molar-refractivity contribution is -0.104. The molecule has 0 spiro atoms. The van der Waals surface area contributed by atoms with E-state index in [-0.39, 0.29) is 11.4 Å². The molecule has 0 radical (unpaired) electrons. The van der Waals surface area contributed by atoms with Gasteiger partial charge in [0.05, 0.1) is 11.1 Å². The highest BCUT2D eigenvalue weighted by Gasteiger charge is 2.12. The number of nitrogens with zero attached hydrogens (tertiary/aromatic N) is 1. The van der Waals surface area contributed by atoms with Gasteiger partial charge in [0.15, 0.2) is 11.4 Å². The smallest absolute Gasteiger partial charge is 0.227 e. The number of halogens is 1. The maximum Gasteiger partial charge on any atom is 0.227 e. The molecule has 0 bridgehead atoms. The number of fused-ring (bicyclic) bond motifs is 1. The number of aromatic amines is 1. The second-order valence-electron chi connectivity index (χ2n) is 2.71. The highest BCUT2D eigenvalue weighted by Crippen LogP contribution is 2.22. The highest BCUT2D eigenvalue weighted by molar-refractivity contribution is 6.38. The maximum absolute atomic E-state index is 11.1. The van der Waals surface area contributed by atoms with E-state index in [0.717, 1.165) is 0 Å². The van der Waals surface area contributed by atoms with Crippen molar-refractivity contribution in [3.63, 3.8) is 0 Å². The van der Waals surface area contributed by atoms with Crippen molar-refractivity contribution in [1.82, 2.24) is 9.97 Å². The first kappa shape index (κ1) is 8.90. The van der Waals surface area contributed by atoms with E-state index in [9.17, 15) is 9.59 Å². The third-order valence-electron chi connectivity index (χ3n) is 1.93. The molecule has 70 valence electrons.